The fourth-order valence-electron chi connectivity index (χ4n) is 2.57. The van der Waals surface area contributed by atoms with E-state index in [-0.39, 0.29) is 5.41 Å². The van der Waals surface area contributed by atoms with E-state index >= 15 is 0 Å². The van der Waals surface area contributed by atoms with Crippen molar-refractivity contribution in [2.75, 3.05) is 0 Å². The number of hydrogen-bond donors (Lipinski definition) is 1. The van der Waals surface area contributed by atoms with Crippen LogP contribution in [0.15, 0.2) is 21.2 Å². The summed E-state index contributed by atoms with van der Waals surface area (Å²) < 4.78 is 6.04. The normalized spacial score (nSPS) is 23.3. The Kier molecular flexibility index (Phi) is 3.57. The van der Waals surface area contributed by atoms with Crippen LogP contribution in [0.25, 0.3) is 0 Å². The van der Waals surface area contributed by atoms with Crippen molar-refractivity contribution in [3.63, 3.8) is 0 Å². The minimum absolute atomic E-state index is 0.264. The van der Waals surface area contributed by atoms with E-state index in [1.165, 1.54) is 6.26 Å². The molecule has 1 aromatic rings. The van der Waals surface area contributed by atoms with Gasteiger partial charge in [-0.3, -0.25) is 0 Å². The Labute approximate surface area is 116 Å². The summed E-state index contributed by atoms with van der Waals surface area (Å²) in [6.45, 7) is 4.42. The van der Waals surface area contributed by atoms with Gasteiger partial charge in [0.2, 0.25) is 0 Å². The van der Waals surface area contributed by atoms with Crippen molar-refractivity contribution in [1.82, 2.24) is 0 Å². The summed E-state index contributed by atoms with van der Waals surface area (Å²) >= 11 is 3.35. The quantitative estimate of drug-likeness (QED) is 0.891. The van der Waals surface area contributed by atoms with Gasteiger partial charge in [0, 0.05) is 0 Å². The number of furan rings is 1. The molecule has 18 heavy (non-hydrogen) atoms. The first-order chi connectivity index (χ1) is 8.40. The number of nitriles is 1. The molecule has 2 rings (SSSR count). The summed E-state index contributed by atoms with van der Waals surface area (Å²) in [5, 5.41) is 20.0. The monoisotopic (exact) mass is 311 g/mol. The summed E-state index contributed by atoms with van der Waals surface area (Å²) in [5.41, 5.74) is -0.448. The van der Waals surface area contributed by atoms with Crippen molar-refractivity contribution in [3.8, 4) is 6.07 Å². The zero-order valence-electron chi connectivity index (χ0n) is 10.7. The number of aliphatic hydroxyl groups is 1. The average molecular weight is 312 g/mol. The van der Waals surface area contributed by atoms with Gasteiger partial charge in [-0.25, -0.2) is 0 Å². The summed E-state index contributed by atoms with van der Waals surface area (Å²) in [5.74, 6) is 0.469. The van der Waals surface area contributed by atoms with Crippen molar-refractivity contribution in [1.29, 1.82) is 5.26 Å². The van der Waals surface area contributed by atoms with Gasteiger partial charge in [-0.05, 0) is 53.1 Å². The molecule has 1 atom stereocenters. The van der Waals surface area contributed by atoms with E-state index in [1.54, 1.807) is 6.07 Å². The lowest BCUT2D eigenvalue weighted by atomic mass is 9.63. The van der Waals surface area contributed by atoms with Gasteiger partial charge < -0.3 is 9.52 Å². The van der Waals surface area contributed by atoms with E-state index in [2.05, 4.69) is 35.8 Å². The molecule has 4 heteroatoms. The van der Waals surface area contributed by atoms with Crippen LogP contribution >= 0.6 is 15.9 Å². The van der Waals surface area contributed by atoms with E-state index in [1.807, 2.05) is 0 Å². The summed E-state index contributed by atoms with van der Waals surface area (Å²) in [6, 6.07) is 4.09. The Morgan fingerprint density at radius 3 is 2.44 bits per heavy atom. The third-order valence-corrected chi connectivity index (χ3v) is 4.79. The number of aliphatic hydroxyl groups excluding tert-OH is 1. The van der Waals surface area contributed by atoms with Gasteiger partial charge in [0.25, 0.3) is 0 Å². The molecule has 1 N–H and O–H groups in total. The Morgan fingerprint density at radius 2 is 2.00 bits per heavy atom. The molecule has 98 valence electrons. The highest BCUT2D eigenvalue weighted by atomic mass is 79.9. The smallest absolute Gasteiger partial charge is 0.148 e. The molecule has 0 radical (unpaired) electrons. The maximum Gasteiger partial charge on any atom is 0.148 e. The maximum absolute atomic E-state index is 10.5. The molecule has 1 heterocycles. The van der Waals surface area contributed by atoms with E-state index in [9.17, 15) is 10.4 Å². The van der Waals surface area contributed by atoms with Crippen molar-refractivity contribution >= 4 is 15.9 Å². The molecule has 0 aliphatic heterocycles. The van der Waals surface area contributed by atoms with Crippen LogP contribution in [0.1, 0.15) is 51.4 Å². The number of nitrogens with zero attached hydrogens (tertiary/aromatic N) is 1. The van der Waals surface area contributed by atoms with Gasteiger partial charge in [-0.1, -0.05) is 13.8 Å². The van der Waals surface area contributed by atoms with Gasteiger partial charge in [0.15, 0.2) is 0 Å². The second-order valence-corrected chi connectivity index (χ2v) is 6.82. The third-order valence-electron chi connectivity index (χ3n) is 4.13. The van der Waals surface area contributed by atoms with Crippen LogP contribution < -0.4 is 0 Å². The first-order valence-corrected chi connectivity index (χ1v) is 7.02. The Hall–Kier alpha value is -0.790. The van der Waals surface area contributed by atoms with Gasteiger partial charge >= 0.3 is 0 Å². The van der Waals surface area contributed by atoms with Gasteiger partial charge in [0.05, 0.1) is 22.2 Å². The third kappa shape index (κ3) is 2.34. The number of rotatable bonds is 2. The molecule has 1 saturated carbocycles. The second-order valence-electron chi connectivity index (χ2n) is 5.97. The second kappa shape index (κ2) is 4.71. The van der Waals surface area contributed by atoms with Crippen LogP contribution in [0.3, 0.4) is 0 Å². The molecular weight excluding hydrogens is 294 g/mol. The molecule has 1 fully saturated rings. The lowest BCUT2D eigenvalue weighted by molar-refractivity contribution is -0.00377. The molecule has 3 nitrogen and oxygen atoms in total. The molecule has 0 saturated heterocycles. The van der Waals surface area contributed by atoms with Gasteiger partial charge in [-0.15, -0.1) is 0 Å². The zero-order chi connectivity index (χ0) is 13.4. The van der Waals surface area contributed by atoms with Crippen LogP contribution in [0.2, 0.25) is 0 Å². The van der Waals surface area contributed by atoms with Crippen molar-refractivity contribution in [2.45, 2.75) is 45.6 Å². The van der Waals surface area contributed by atoms with Gasteiger partial charge in [0.1, 0.15) is 11.9 Å². The fraction of sp³-hybridized carbons (Fsp3) is 0.643. The molecule has 0 amide bonds. The molecule has 1 aliphatic carbocycles. The Balaban J connectivity index is 2.25. The number of halogens is 1. The minimum atomic E-state index is -0.858. The van der Waals surface area contributed by atoms with Crippen LogP contribution in [0.4, 0.5) is 0 Å². The molecule has 1 aromatic heterocycles. The van der Waals surface area contributed by atoms with E-state index in [0.29, 0.717) is 18.6 Å². The standard InChI is InChI=1S/C14H18BrNO2/c1-13(2)4-6-14(9-16,7-5-13)12(17)11-10(15)3-8-18-11/h3,8,12,17H,4-7H2,1-2H3. The number of hydrogen-bond acceptors (Lipinski definition) is 3. The van der Waals surface area contributed by atoms with Crippen LogP contribution in [0, 0.1) is 22.2 Å². The molecule has 1 unspecified atom stereocenters. The maximum atomic E-state index is 10.5. The highest BCUT2D eigenvalue weighted by molar-refractivity contribution is 9.10. The Bertz CT molecular complexity index is 462. The average Bonchev–Trinajstić information content (AvgIpc) is 2.75. The van der Waals surface area contributed by atoms with Crippen molar-refractivity contribution < 1.29 is 9.52 Å². The van der Waals surface area contributed by atoms with Crippen LogP contribution in [-0.2, 0) is 0 Å². The molecular formula is C14H18BrNO2. The van der Waals surface area contributed by atoms with E-state index in [0.717, 1.165) is 17.3 Å². The highest BCUT2D eigenvalue weighted by Gasteiger charge is 2.46. The van der Waals surface area contributed by atoms with Crippen molar-refractivity contribution in [2.24, 2.45) is 10.8 Å². The van der Waals surface area contributed by atoms with Crippen LogP contribution in [0.5, 0.6) is 0 Å². The lowest BCUT2D eigenvalue weighted by Crippen LogP contribution is -2.35. The molecule has 0 bridgehead atoms. The van der Waals surface area contributed by atoms with E-state index in [4.69, 9.17) is 4.42 Å². The summed E-state index contributed by atoms with van der Waals surface area (Å²) in [6.07, 6.45) is 4.00. The SMILES string of the molecule is CC1(C)CCC(C#N)(C(O)c2occc2Br)CC1. The fourth-order valence-corrected chi connectivity index (χ4v) is 2.99. The van der Waals surface area contributed by atoms with E-state index < -0.39 is 11.5 Å². The summed E-state index contributed by atoms with van der Waals surface area (Å²) in [4.78, 5) is 0. The van der Waals surface area contributed by atoms with Crippen molar-refractivity contribution in [3.05, 3.63) is 22.6 Å². The van der Waals surface area contributed by atoms with Crippen LogP contribution in [-0.4, -0.2) is 5.11 Å². The Morgan fingerprint density at radius 1 is 1.39 bits per heavy atom. The first-order valence-electron chi connectivity index (χ1n) is 6.22. The van der Waals surface area contributed by atoms with Gasteiger partial charge in [-0.2, -0.15) is 5.26 Å². The minimum Gasteiger partial charge on any atom is -0.465 e. The predicted molar refractivity (Wildman–Crippen MR) is 71.7 cm³/mol. The topological polar surface area (TPSA) is 57.2 Å². The summed E-state index contributed by atoms with van der Waals surface area (Å²) in [7, 11) is 0. The first kappa shape index (κ1) is 13.6. The zero-order valence-corrected chi connectivity index (χ0v) is 12.3. The molecule has 1 aliphatic rings. The largest absolute Gasteiger partial charge is 0.465 e. The predicted octanol–water partition coefficient (Wildman–Crippen LogP) is 4.19. The molecule has 0 spiro atoms. The lowest BCUT2D eigenvalue weighted by Gasteiger charge is -2.41. The highest BCUT2D eigenvalue weighted by Crippen LogP contribution is 2.51. The molecule has 0 aromatic carbocycles.